The molecule has 0 aromatic heterocycles. The maximum absolute atomic E-state index is 6.41. The van der Waals surface area contributed by atoms with Gasteiger partial charge < -0.3 is 25.3 Å². The molecule has 2 aromatic rings. The predicted octanol–water partition coefficient (Wildman–Crippen LogP) is 5.55. The van der Waals surface area contributed by atoms with E-state index in [0.717, 1.165) is 26.1 Å². The van der Waals surface area contributed by atoms with Crippen molar-refractivity contribution < 1.29 is 14.2 Å². The maximum atomic E-state index is 6.41. The van der Waals surface area contributed by atoms with Crippen LogP contribution in [0.2, 0.25) is 10.0 Å². The average molecular weight is 556 g/mol. The van der Waals surface area contributed by atoms with E-state index in [0.29, 0.717) is 57.6 Å². The second kappa shape index (κ2) is 13.5. The summed E-state index contributed by atoms with van der Waals surface area (Å²) in [6.45, 7) is 7.47. The summed E-state index contributed by atoms with van der Waals surface area (Å²) in [4.78, 5) is 6.81. The number of allylic oxidation sites excluding steroid dienone is 3. The number of halogens is 2. The van der Waals surface area contributed by atoms with E-state index in [2.05, 4.69) is 46.1 Å². The summed E-state index contributed by atoms with van der Waals surface area (Å²) in [5.41, 5.74) is 9.63. The number of morpholine rings is 1. The minimum atomic E-state index is -0.0587. The fraction of sp³-hybridized carbons (Fsp3) is 0.276. The highest BCUT2D eigenvalue weighted by atomic mass is 35.5. The van der Waals surface area contributed by atoms with E-state index in [9.17, 15) is 0 Å². The molecule has 1 unspecified atom stereocenters. The Kier molecular flexibility index (Phi) is 9.90. The first-order valence-corrected chi connectivity index (χ1v) is 13.1. The van der Waals surface area contributed by atoms with Gasteiger partial charge in [0, 0.05) is 43.2 Å². The molecule has 38 heavy (non-hydrogen) atoms. The lowest BCUT2D eigenvalue weighted by molar-refractivity contribution is -0.0588. The van der Waals surface area contributed by atoms with Crippen molar-refractivity contribution in [1.82, 2.24) is 4.90 Å². The minimum Gasteiger partial charge on any atom is -0.493 e. The van der Waals surface area contributed by atoms with Crippen molar-refractivity contribution in [3.63, 3.8) is 0 Å². The zero-order valence-electron chi connectivity index (χ0n) is 21.3. The van der Waals surface area contributed by atoms with Crippen molar-refractivity contribution in [2.75, 3.05) is 45.3 Å². The van der Waals surface area contributed by atoms with Crippen molar-refractivity contribution in [2.24, 2.45) is 10.7 Å². The van der Waals surface area contributed by atoms with E-state index in [1.54, 1.807) is 37.5 Å². The molecule has 2 aliphatic rings. The van der Waals surface area contributed by atoms with Gasteiger partial charge in [0.25, 0.3) is 0 Å². The minimum absolute atomic E-state index is 0.0587. The number of hydrogen-bond acceptors (Lipinski definition) is 7. The molecule has 7 nitrogen and oxygen atoms in total. The van der Waals surface area contributed by atoms with Crippen LogP contribution in [0.1, 0.15) is 5.56 Å². The molecule has 0 saturated carbocycles. The second-order valence-electron chi connectivity index (χ2n) is 8.84. The Morgan fingerprint density at radius 2 is 2.00 bits per heavy atom. The smallest absolute Gasteiger partial charge is 0.163 e. The first-order chi connectivity index (χ1) is 18.5. The van der Waals surface area contributed by atoms with Gasteiger partial charge in [-0.15, -0.1) is 0 Å². The lowest BCUT2D eigenvalue weighted by Crippen LogP contribution is -2.45. The third-order valence-electron chi connectivity index (χ3n) is 6.21. The number of hydrogen-bond donors (Lipinski definition) is 2. The van der Waals surface area contributed by atoms with E-state index in [4.69, 9.17) is 43.1 Å². The average Bonchev–Trinajstić information content (AvgIpc) is 2.93. The van der Waals surface area contributed by atoms with Crippen molar-refractivity contribution in [1.29, 1.82) is 0 Å². The van der Waals surface area contributed by atoms with Crippen LogP contribution in [0.25, 0.3) is 0 Å². The molecular weight excluding hydrogens is 523 g/mol. The largest absolute Gasteiger partial charge is 0.493 e. The predicted molar refractivity (Wildman–Crippen MR) is 154 cm³/mol. The SMILES string of the molecule is C=C/N=C1/C=C(OCC2CN(CCc3ccccc3)CCO2)C(OC)=C/C1=C(/N)Nc1ccc(Cl)c(Cl)c1. The number of nitrogens with two attached hydrogens (primary N) is 1. The van der Waals surface area contributed by atoms with Crippen molar-refractivity contribution >= 4 is 34.6 Å². The maximum Gasteiger partial charge on any atom is 0.163 e. The highest BCUT2D eigenvalue weighted by molar-refractivity contribution is 6.42. The molecule has 1 heterocycles. The summed E-state index contributed by atoms with van der Waals surface area (Å²) < 4.78 is 17.8. The molecule has 1 saturated heterocycles. The van der Waals surface area contributed by atoms with Crippen LogP contribution in [0.15, 0.2) is 101 Å². The Bertz CT molecular complexity index is 1260. The van der Waals surface area contributed by atoms with Crippen LogP contribution in [0.3, 0.4) is 0 Å². The molecule has 0 bridgehead atoms. The van der Waals surface area contributed by atoms with Crippen LogP contribution in [0, 0.1) is 0 Å². The van der Waals surface area contributed by atoms with E-state index in [1.807, 2.05) is 6.07 Å². The fourth-order valence-electron chi connectivity index (χ4n) is 4.24. The van der Waals surface area contributed by atoms with Gasteiger partial charge in [-0.05, 0) is 36.3 Å². The first kappa shape index (κ1) is 27.8. The highest BCUT2D eigenvalue weighted by Crippen LogP contribution is 2.28. The number of nitrogens with zero attached hydrogens (tertiary/aromatic N) is 2. The van der Waals surface area contributed by atoms with Crippen LogP contribution in [0.4, 0.5) is 5.69 Å². The number of nitrogens with one attached hydrogen (secondary N) is 1. The monoisotopic (exact) mass is 554 g/mol. The number of anilines is 1. The van der Waals surface area contributed by atoms with Gasteiger partial charge in [0.1, 0.15) is 18.5 Å². The van der Waals surface area contributed by atoms with Crippen LogP contribution in [0.5, 0.6) is 0 Å². The molecule has 1 aliphatic carbocycles. The van der Waals surface area contributed by atoms with Gasteiger partial charge in [0.15, 0.2) is 11.5 Å². The number of rotatable bonds is 10. The third kappa shape index (κ3) is 7.42. The first-order valence-electron chi connectivity index (χ1n) is 12.4. The summed E-state index contributed by atoms with van der Waals surface area (Å²) in [6.07, 6.45) is 5.97. The summed E-state index contributed by atoms with van der Waals surface area (Å²) in [6, 6.07) is 15.7. The molecule has 200 valence electrons. The van der Waals surface area contributed by atoms with E-state index < -0.39 is 0 Å². The molecule has 1 fully saturated rings. The zero-order chi connectivity index (χ0) is 26.9. The van der Waals surface area contributed by atoms with Crippen LogP contribution >= 0.6 is 23.2 Å². The Morgan fingerprint density at radius 1 is 1.18 bits per heavy atom. The molecule has 2 aromatic carbocycles. The number of methoxy groups -OCH3 is 1. The van der Waals surface area contributed by atoms with Crippen LogP contribution in [-0.4, -0.2) is 56.7 Å². The Labute approximate surface area is 233 Å². The molecule has 0 amide bonds. The van der Waals surface area contributed by atoms with Crippen LogP contribution in [-0.2, 0) is 20.6 Å². The Morgan fingerprint density at radius 3 is 2.74 bits per heavy atom. The van der Waals surface area contributed by atoms with E-state index in [-0.39, 0.29) is 6.10 Å². The summed E-state index contributed by atoms with van der Waals surface area (Å²) in [7, 11) is 1.58. The molecule has 0 radical (unpaired) electrons. The third-order valence-corrected chi connectivity index (χ3v) is 6.95. The highest BCUT2D eigenvalue weighted by Gasteiger charge is 2.25. The second-order valence-corrected chi connectivity index (χ2v) is 9.65. The topological polar surface area (TPSA) is 81.3 Å². The molecule has 3 N–H and O–H groups in total. The van der Waals surface area contributed by atoms with Gasteiger partial charge in [-0.2, -0.15) is 0 Å². The van der Waals surface area contributed by atoms with Crippen molar-refractivity contribution in [2.45, 2.75) is 12.5 Å². The quantitative estimate of drug-likeness (QED) is 0.400. The summed E-state index contributed by atoms with van der Waals surface area (Å²) >= 11 is 12.2. The zero-order valence-corrected chi connectivity index (χ0v) is 22.8. The van der Waals surface area contributed by atoms with E-state index >= 15 is 0 Å². The molecule has 1 aliphatic heterocycles. The summed E-state index contributed by atoms with van der Waals surface area (Å²) in [5, 5.41) is 4.03. The Balaban J connectivity index is 1.42. The van der Waals surface area contributed by atoms with Gasteiger partial charge in [0.05, 0.1) is 29.5 Å². The standard InChI is InChI=1S/C29H32Cl2N4O3/c1-3-33-26-17-28(27(36-2)16-23(26)29(32)34-21-9-10-24(30)25(31)15-21)38-19-22-18-35(13-14-37-22)12-11-20-7-5-4-6-8-20/h3-10,15-17,22,34H,1,11-14,18-19,32H2,2H3/b29-23+,33-26-. The van der Waals surface area contributed by atoms with Gasteiger partial charge >= 0.3 is 0 Å². The number of benzene rings is 2. The lowest BCUT2D eigenvalue weighted by Gasteiger charge is -2.33. The van der Waals surface area contributed by atoms with Gasteiger partial charge in [-0.1, -0.05) is 60.1 Å². The lowest BCUT2D eigenvalue weighted by atomic mass is 10.0. The van der Waals surface area contributed by atoms with E-state index in [1.165, 1.54) is 11.8 Å². The fourth-order valence-corrected chi connectivity index (χ4v) is 4.54. The van der Waals surface area contributed by atoms with Gasteiger partial charge in [-0.3, -0.25) is 9.89 Å². The number of aliphatic imine (C=N–C) groups is 1. The normalized spacial score (nSPS) is 20.4. The number of ether oxygens (including phenoxy) is 3. The van der Waals surface area contributed by atoms with Gasteiger partial charge in [0.2, 0.25) is 0 Å². The van der Waals surface area contributed by atoms with Crippen molar-refractivity contribution in [3.8, 4) is 0 Å². The van der Waals surface area contributed by atoms with Gasteiger partial charge in [-0.25, -0.2) is 0 Å². The molecular formula is C29H32Cl2N4O3. The molecule has 0 spiro atoms. The Hall–Kier alpha value is -3.23. The molecule has 1 atom stereocenters. The summed E-state index contributed by atoms with van der Waals surface area (Å²) in [5.74, 6) is 1.43. The molecule has 9 heteroatoms. The van der Waals surface area contributed by atoms with Crippen molar-refractivity contribution in [3.05, 3.63) is 112 Å². The van der Waals surface area contributed by atoms with Crippen LogP contribution < -0.4 is 11.1 Å². The molecule has 4 rings (SSSR count).